The molecule has 3 rings (SSSR count). The minimum Gasteiger partial charge on any atom is -0.0889 e. The number of benzene rings is 2. The van der Waals surface area contributed by atoms with Crippen molar-refractivity contribution >= 4 is 22.5 Å². The quantitative estimate of drug-likeness (QED) is 0.619. The molecule has 0 aliphatic carbocycles. The lowest BCUT2D eigenvalue weighted by Gasteiger charge is -2.10. The molecule has 1 aliphatic rings. The monoisotopic (exact) mass is 197 g/mol. The second kappa shape index (κ2) is 3.18. The molecule has 0 nitrogen and oxygen atoms in total. The molecule has 0 N–H and O–H groups in total. The van der Waals surface area contributed by atoms with Gasteiger partial charge in [0.2, 0.25) is 0 Å². The third-order valence-electron chi connectivity index (χ3n) is 2.50. The minimum atomic E-state index is 1.02. The van der Waals surface area contributed by atoms with Crippen LogP contribution >= 0.6 is 11.8 Å². The van der Waals surface area contributed by atoms with Crippen LogP contribution in [0.3, 0.4) is 0 Å². The Labute approximate surface area is 87.6 Å². The topological polar surface area (TPSA) is 0 Å². The second-order valence-electron chi connectivity index (χ2n) is 3.44. The molecule has 0 atom stereocenters. The summed E-state index contributed by atoms with van der Waals surface area (Å²) < 4.78 is 0. The van der Waals surface area contributed by atoms with Crippen molar-refractivity contribution in [3.8, 4) is 0 Å². The average Bonchev–Trinajstić information content (AvgIpc) is 2.26. The summed E-state index contributed by atoms with van der Waals surface area (Å²) in [5.74, 6) is 0. The molecular formula is C13H9S. The Kier molecular flexibility index (Phi) is 1.84. The van der Waals surface area contributed by atoms with Crippen LogP contribution in [-0.4, -0.2) is 0 Å². The fraction of sp³-hybridized carbons (Fsp3) is 0.0769. The van der Waals surface area contributed by atoms with Gasteiger partial charge in [0.05, 0.1) is 0 Å². The van der Waals surface area contributed by atoms with Crippen molar-refractivity contribution in [2.75, 3.05) is 0 Å². The van der Waals surface area contributed by atoms with Gasteiger partial charge in [0.1, 0.15) is 0 Å². The summed E-state index contributed by atoms with van der Waals surface area (Å²) in [6.07, 6.45) is 3.12. The first-order chi connectivity index (χ1) is 6.93. The van der Waals surface area contributed by atoms with Gasteiger partial charge in [-0.1, -0.05) is 42.1 Å². The van der Waals surface area contributed by atoms with E-state index >= 15 is 0 Å². The first kappa shape index (κ1) is 8.13. The Hall–Kier alpha value is -1.21. The largest absolute Gasteiger partial charge is 0.0889 e. The number of allylic oxidation sites excluding steroid dienone is 1. The number of hydrogen-bond acceptors (Lipinski definition) is 1. The minimum absolute atomic E-state index is 1.02. The predicted octanol–water partition coefficient (Wildman–Crippen LogP) is 3.80. The lowest BCUT2D eigenvalue weighted by molar-refractivity contribution is 1.18. The van der Waals surface area contributed by atoms with E-state index in [1.165, 1.54) is 21.2 Å². The summed E-state index contributed by atoms with van der Waals surface area (Å²) in [6.45, 7) is 0. The van der Waals surface area contributed by atoms with Gasteiger partial charge in [0, 0.05) is 10.3 Å². The fourth-order valence-electron chi connectivity index (χ4n) is 1.78. The summed E-state index contributed by atoms with van der Waals surface area (Å²) in [5.41, 5.74) is 1.42. The van der Waals surface area contributed by atoms with E-state index in [2.05, 4.69) is 47.9 Å². The summed E-state index contributed by atoms with van der Waals surface area (Å²) in [7, 11) is 0. The molecule has 0 saturated carbocycles. The number of thioether (sulfide) groups is 1. The third-order valence-corrected chi connectivity index (χ3v) is 3.39. The molecule has 0 saturated heterocycles. The Balaban J connectivity index is 2.30. The van der Waals surface area contributed by atoms with Crippen molar-refractivity contribution in [3.05, 3.63) is 53.4 Å². The summed E-state index contributed by atoms with van der Waals surface area (Å²) in [5, 5.41) is 5.85. The van der Waals surface area contributed by atoms with Gasteiger partial charge in [0.15, 0.2) is 0 Å². The molecular weight excluding hydrogens is 188 g/mol. The van der Waals surface area contributed by atoms with Crippen LogP contribution in [0.25, 0.3) is 10.8 Å². The third kappa shape index (κ3) is 1.25. The zero-order valence-corrected chi connectivity index (χ0v) is 8.47. The highest BCUT2D eigenvalue weighted by Crippen LogP contribution is 2.31. The van der Waals surface area contributed by atoms with Gasteiger partial charge in [0.25, 0.3) is 0 Å². The molecule has 0 aromatic heterocycles. The van der Waals surface area contributed by atoms with Crippen LogP contribution in [0, 0.1) is 5.41 Å². The smallest absolute Gasteiger partial charge is 0.0222 e. The highest BCUT2D eigenvalue weighted by molar-refractivity contribution is 8.01. The average molecular weight is 197 g/mol. The van der Waals surface area contributed by atoms with Gasteiger partial charge in [-0.15, -0.1) is 0 Å². The first-order valence-corrected chi connectivity index (χ1v) is 5.51. The zero-order chi connectivity index (χ0) is 9.38. The van der Waals surface area contributed by atoms with E-state index in [9.17, 15) is 0 Å². The lowest BCUT2D eigenvalue weighted by atomic mass is 10.0. The van der Waals surface area contributed by atoms with Gasteiger partial charge in [-0.05, 0) is 34.9 Å². The van der Waals surface area contributed by atoms with Crippen molar-refractivity contribution < 1.29 is 0 Å². The van der Waals surface area contributed by atoms with Crippen molar-refractivity contribution in [3.63, 3.8) is 0 Å². The van der Waals surface area contributed by atoms with Crippen LogP contribution in [0.1, 0.15) is 5.56 Å². The molecule has 14 heavy (non-hydrogen) atoms. The number of hydrogen-bond donors (Lipinski definition) is 0. The molecule has 1 heteroatoms. The van der Waals surface area contributed by atoms with E-state index in [-0.39, 0.29) is 0 Å². The summed E-state index contributed by atoms with van der Waals surface area (Å²) >= 11 is 1.70. The van der Waals surface area contributed by atoms with E-state index in [4.69, 9.17) is 0 Å². The predicted molar refractivity (Wildman–Crippen MR) is 61.3 cm³/mol. The van der Waals surface area contributed by atoms with Crippen LogP contribution < -0.4 is 0 Å². The highest BCUT2D eigenvalue weighted by atomic mass is 32.2. The molecule has 67 valence electrons. The van der Waals surface area contributed by atoms with Gasteiger partial charge < -0.3 is 0 Å². The maximum Gasteiger partial charge on any atom is 0.0222 e. The van der Waals surface area contributed by atoms with Gasteiger partial charge in [-0.2, -0.15) is 0 Å². The Morgan fingerprint density at radius 2 is 1.86 bits per heavy atom. The highest BCUT2D eigenvalue weighted by Gasteiger charge is 2.06. The van der Waals surface area contributed by atoms with E-state index in [1.807, 2.05) is 0 Å². The van der Waals surface area contributed by atoms with Crippen LogP contribution in [0.15, 0.2) is 47.4 Å². The van der Waals surface area contributed by atoms with Crippen molar-refractivity contribution in [1.82, 2.24) is 0 Å². The van der Waals surface area contributed by atoms with Gasteiger partial charge in [-0.3, -0.25) is 0 Å². The zero-order valence-electron chi connectivity index (χ0n) is 7.66. The molecule has 0 amide bonds. The van der Waals surface area contributed by atoms with Crippen LogP contribution in [-0.2, 0) is 6.42 Å². The molecule has 2 aromatic rings. The Bertz CT molecular complexity index is 465. The molecule has 0 spiro atoms. The summed E-state index contributed by atoms with van der Waals surface area (Å²) in [4.78, 5) is 1.35. The molecule has 1 heterocycles. The molecule has 0 fully saturated rings. The molecule has 0 bridgehead atoms. The van der Waals surface area contributed by atoms with Crippen molar-refractivity contribution in [1.29, 1.82) is 0 Å². The van der Waals surface area contributed by atoms with Crippen LogP contribution in [0.4, 0.5) is 0 Å². The molecule has 2 aromatic carbocycles. The van der Waals surface area contributed by atoms with Gasteiger partial charge >= 0.3 is 0 Å². The Morgan fingerprint density at radius 1 is 1.07 bits per heavy atom. The number of fused-ring (bicyclic) bond motifs is 2. The Morgan fingerprint density at radius 3 is 2.71 bits per heavy atom. The van der Waals surface area contributed by atoms with E-state index in [0.717, 1.165) is 6.42 Å². The molecule has 0 unspecified atom stereocenters. The first-order valence-electron chi connectivity index (χ1n) is 4.69. The lowest BCUT2D eigenvalue weighted by Crippen LogP contribution is -1.89. The summed E-state index contributed by atoms with van der Waals surface area (Å²) in [6, 6.07) is 13.1. The standard InChI is InChI=1S/C13H9S/c1-2-5-11-9-13-12(6-3-7-14-13)8-10(11)4-1/h1-5,8-9H,6H2. The molecule has 1 aliphatic heterocycles. The van der Waals surface area contributed by atoms with E-state index in [0.29, 0.717) is 0 Å². The fourth-order valence-corrected chi connectivity index (χ4v) is 2.53. The van der Waals surface area contributed by atoms with E-state index < -0.39 is 0 Å². The normalized spacial score (nSPS) is 14.3. The second-order valence-corrected chi connectivity index (χ2v) is 4.31. The van der Waals surface area contributed by atoms with E-state index in [1.54, 1.807) is 11.8 Å². The maximum atomic E-state index is 3.20. The van der Waals surface area contributed by atoms with Crippen LogP contribution in [0.2, 0.25) is 0 Å². The molecule has 1 radical (unpaired) electrons. The van der Waals surface area contributed by atoms with Crippen molar-refractivity contribution in [2.45, 2.75) is 11.3 Å². The SMILES string of the molecule is [C]1=CCc2cc3ccccc3cc2S1. The number of rotatable bonds is 0. The van der Waals surface area contributed by atoms with Crippen molar-refractivity contribution in [2.24, 2.45) is 0 Å². The van der Waals surface area contributed by atoms with Gasteiger partial charge in [-0.25, -0.2) is 0 Å². The van der Waals surface area contributed by atoms with Crippen LogP contribution in [0.5, 0.6) is 0 Å². The maximum absolute atomic E-state index is 3.20.